The Kier molecular flexibility index (Phi) is 7.04. The van der Waals surface area contributed by atoms with Crippen molar-refractivity contribution in [3.05, 3.63) is 71.9 Å². The van der Waals surface area contributed by atoms with E-state index in [1.165, 1.54) is 0 Å². The first-order valence-electron chi connectivity index (χ1n) is 11.3. The summed E-state index contributed by atoms with van der Waals surface area (Å²) in [5, 5.41) is 3.11. The highest BCUT2D eigenvalue weighted by Gasteiger charge is 2.28. The molecule has 3 N–H and O–H groups in total. The van der Waals surface area contributed by atoms with Gasteiger partial charge < -0.3 is 25.6 Å². The van der Waals surface area contributed by atoms with Gasteiger partial charge in [-0.2, -0.15) is 4.98 Å². The van der Waals surface area contributed by atoms with Crippen molar-refractivity contribution in [3.8, 4) is 5.75 Å². The summed E-state index contributed by atoms with van der Waals surface area (Å²) in [6, 6.07) is 17.7. The van der Waals surface area contributed by atoms with E-state index in [9.17, 15) is 4.79 Å². The lowest BCUT2D eigenvalue weighted by Crippen LogP contribution is -2.33. The van der Waals surface area contributed by atoms with Crippen molar-refractivity contribution in [1.82, 2.24) is 9.97 Å². The zero-order valence-corrected chi connectivity index (χ0v) is 19.1. The van der Waals surface area contributed by atoms with Gasteiger partial charge in [0, 0.05) is 51.1 Å². The molecule has 0 saturated heterocycles. The first-order valence-corrected chi connectivity index (χ1v) is 11.3. The zero-order chi connectivity index (χ0) is 23.2. The van der Waals surface area contributed by atoms with Crippen LogP contribution in [0.1, 0.15) is 35.4 Å². The molecule has 0 saturated carbocycles. The molecule has 1 aliphatic rings. The number of rotatable bonds is 8. The van der Waals surface area contributed by atoms with Crippen LogP contribution in [0.3, 0.4) is 0 Å². The number of likely N-dealkylation sites (N-methyl/N-ethyl adjacent to an activating group) is 1. The highest BCUT2D eigenvalue weighted by atomic mass is 16.5. The number of hydrogen-bond donors (Lipinski definition) is 2. The number of nitrogens with zero attached hydrogens (tertiary/aromatic N) is 4. The number of ether oxygens (including phenoxy) is 1. The van der Waals surface area contributed by atoms with Crippen LogP contribution >= 0.6 is 0 Å². The second kappa shape index (κ2) is 10.3. The van der Waals surface area contributed by atoms with E-state index in [0.29, 0.717) is 55.7 Å². The summed E-state index contributed by atoms with van der Waals surface area (Å²) in [6.07, 6.45) is 2.14. The molecule has 0 spiro atoms. The molecular formula is C25H30N6O2. The summed E-state index contributed by atoms with van der Waals surface area (Å²) in [5.41, 5.74) is 8.16. The Labute approximate surface area is 194 Å². The van der Waals surface area contributed by atoms with E-state index >= 15 is 0 Å². The van der Waals surface area contributed by atoms with Crippen molar-refractivity contribution in [1.29, 1.82) is 0 Å². The number of carbonyl (C=O) groups excluding carboxylic acids is 1. The standard InChI is InChI=1S/C25H30N6O2/c1-3-27-25-28-17-21-23(29-25)30(2)14-15-31(24(21)32)19-10-7-11-20(16-19)33-22(12-13-26)18-8-5-4-6-9-18/h4-11,16-17,22H,3,12-15,26H2,1-2H3,(H,27,28,29)/t22-/m1/s1. The number of nitrogens with one attached hydrogen (secondary N) is 1. The SMILES string of the molecule is CCNc1ncc2c(n1)N(C)CCN(c1cccc(O[C@H](CCN)c3ccccc3)c1)C2=O. The fourth-order valence-electron chi connectivity index (χ4n) is 3.91. The van der Waals surface area contributed by atoms with E-state index in [4.69, 9.17) is 10.5 Å². The molecule has 0 bridgehead atoms. The van der Waals surface area contributed by atoms with Crippen molar-refractivity contribution in [2.45, 2.75) is 19.4 Å². The van der Waals surface area contributed by atoms with Gasteiger partial charge in [-0.25, -0.2) is 4.98 Å². The van der Waals surface area contributed by atoms with Crippen LogP contribution in [-0.2, 0) is 0 Å². The van der Waals surface area contributed by atoms with E-state index in [-0.39, 0.29) is 12.0 Å². The van der Waals surface area contributed by atoms with Gasteiger partial charge in [0.1, 0.15) is 23.2 Å². The molecule has 1 atom stereocenters. The molecule has 0 fully saturated rings. The summed E-state index contributed by atoms with van der Waals surface area (Å²) in [6.45, 7) is 4.38. The van der Waals surface area contributed by atoms with Crippen molar-refractivity contribution in [2.24, 2.45) is 5.73 Å². The molecule has 4 rings (SSSR count). The molecule has 1 aliphatic heterocycles. The zero-order valence-electron chi connectivity index (χ0n) is 19.1. The van der Waals surface area contributed by atoms with Crippen molar-refractivity contribution in [3.63, 3.8) is 0 Å². The predicted octanol–water partition coefficient (Wildman–Crippen LogP) is 3.47. The summed E-state index contributed by atoms with van der Waals surface area (Å²) in [7, 11) is 1.94. The maximum atomic E-state index is 13.5. The monoisotopic (exact) mass is 446 g/mol. The van der Waals surface area contributed by atoms with Crippen LogP contribution in [0, 0.1) is 0 Å². The fourth-order valence-corrected chi connectivity index (χ4v) is 3.91. The summed E-state index contributed by atoms with van der Waals surface area (Å²) >= 11 is 0. The summed E-state index contributed by atoms with van der Waals surface area (Å²) in [4.78, 5) is 26.1. The Bertz CT molecular complexity index is 1090. The molecule has 2 heterocycles. The number of fused-ring (bicyclic) bond motifs is 1. The van der Waals surface area contributed by atoms with E-state index in [0.717, 1.165) is 11.3 Å². The van der Waals surface area contributed by atoms with Gasteiger partial charge in [-0.05, 0) is 31.2 Å². The van der Waals surface area contributed by atoms with E-state index in [2.05, 4.69) is 15.3 Å². The number of amides is 1. The Hall–Kier alpha value is -3.65. The molecule has 8 nitrogen and oxygen atoms in total. The largest absolute Gasteiger partial charge is 0.486 e. The van der Waals surface area contributed by atoms with E-state index in [1.807, 2.05) is 73.5 Å². The lowest BCUT2D eigenvalue weighted by molar-refractivity contribution is 0.0989. The minimum atomic E-state index is -0.156. The smallest absolute Gasteiger partial charge is 0.263 e. The van der Waals surface area contributed by atoms with Gasteiger partial charge in [0.25, 0.3) is 5.91 Å². The maximum Gasteiger partial charge on any atom is 0.263 e. The molecule has 1 amide bonds. The van der Waals surface area contributed by atoms with Gasteiger partial charge in [0.05, 0.1) is 0 Å². The van der Waals surface area contributed by atoms with Gasteiger partial charge in [-0.1, -0.05) is 36.4 Å². The quantitative estimate of drug-likeness (QED) is 0.547. The third-order valence-corrected chi connectivity index (χ3v) is 5.61. The molecule has 0 radical (unpaired) electrons. The fraction of sp³-hybridized carbons (Fsp3) is 0.320. The molecule has 1 aromatic heterocycles. The summed E-state index contributed by atoms with van der Waals surface area (Å²) in [5.74, 6) is 1.72. The highest BCUT2D eigenvalue weighted by Crippen LogP contribution is 2.30. The van der Waals surface area contributed by atoms with Gasteiger partial charge in [0.2, 0.25) is 5.95 Å². The average Bonchev–Trinajstić information content (AvgIpc) is 2.96. The lowest BCUT2D eigenvalue weighted by Gasteiger charge is -2.23. The maximum absolute atomic E-state index is 13.5. The number of aromatic nitrogens is 2. The van der Waals surface area contributed by atoms with Gasteiger partial charge in [-0.15, -0.1) is 0 Å². The molecule has 33 heavy (non-hydrogen) atoms. The number of hydrogen-bond acceptors (Lipinski definition) is 7. The van der Waals surface area contributed by atoms with E-state index < -0.39 is 0 Å². The van der Waals surface area contributed by atoms with E-state index in [1.54, 1.807) is 11.1 Å². The van der Waals surface area contributed by atoms with Crippen LogP contribution in [0.5, 0.6) is 5.75 Å². The van der Waals surface area contributed by atoms with Crippen LogP contribution in [-0.4, -0.2) is 49.1 Å². The van der Waals surface area contributed by atoms with Gasteiger partial charge >= 0.3 is 0 Å². The van der Waals surface area contributed by atoms with Gasteiger partial charge in [-0.3, -0.25) is 4.79 Å². The third-order valence-electron chi connectivity index (χ3n) is 5.61. The second-order valence-corrected chi connectivity index (χ2v) is 7.93. The van der Waals surface area contributed by atoms with Crippen LogP contribution in [0.2, 0.25) is 0 Å². The first-order chi connectivity index (χ1) is 16.1. The third kappa shape index (κ3) is 5.06. The topological polar surface area (TPSA) is 96.6 Å². The van der Waals surface area contributed by atoms with Crippen molar-refractivity contribution in [2.75, 3.05) is 48.3 Å². The first kappa shape index (κ1) is 22.5. The highest BCUT2D eigenvalue weighted by molar-refractivity contribution is 6.09. The normalized spacial score (nSPS) is 14.5. The molecular weight excluding hydrogens is 416 g/mol. The molecule has 172 valence electrons. The Morgan fingerprint density at radius 1 is 1.15 bits per heavy atom. The van der Waals surface area contributed by atoms with Crippen LogP contribution in [0.4, 0.5) is 17.5 Å². The van der Waals surface area contributed by atoms with Gasteiger partial charge in [0.15, 0.2) is 0 Å². The van der Waals surface area contributed by atoms with Crippen molar-refractivity contribution < 1.29 is 9.53 Å². The number of carbonyl (C=O) groups is 1. The second-order valence-electron chi connectivity index (χ2n) is 7.93. The number of nitrogens with two attached hydrogens (primary N) is 1. The van der Waals surface area contributed by atoms with Crippen LogP contribution in [0.15, 0.2) is 60.8 Å². The minimum Gasteiger partial charge on any atom is -0.486 e. The number of benzene rings is 2. The Morgan fingerprint density at radius 2 is 1.97 bits per heavy atom. The molecule has 8 heteroatoms. The molecule has 3 aromatic rings. The minimum absolute atomic E-state index is 0.129. The molecule has 0 aliphatic carbocycles. The average molecular weight is 447 g/mol. The summed E-state index contributed by atoms with van der Waals surface area (Å²) < 4.78 is 6.31. The molecule has 0 unspecified atom stereocenters. The lowest BCUT2D eigenvalue weighted by atomic mass is 10.1. The van der Waals surface area contributed by atoms with Crippen LogP contribution < -0.4 is 25.6 Å². The predicted molar refractivity (Wildman–Crippen MR) is 131 cm³/mol. The van der Waals surface area contributed by atoms with Crippen molar-refractivity contribution >= 4 is 23.4 Å². The van der Waals surface area contributed by atoms with Crippen LogP contribution in [0.25, 0.3) is 0 Å². The number of anilines is 3. The molecule has 2 aromatic carbocycles. The Balaban J connectivity index is 1.60. The Morgan fingerprint density at radius 3 is 2.73 bits per heavy atom.